The highest BCUT2D eigenvalue weighted by molar-refractivity contribution is 5.97. The van der Waals surface area contributed by atoms with E-state index in [0.29, 0.717) is 24.6 Å². The molecule has 3 aromatic rings. The number of para-hydroxylation sites is 2. The maximum atomic E-state index is 12.9. The lowest BCUT2D eigenvalue weighted by molar-refractivity contribution is -0.117. The molecule has 4 N–H and O–H groups in total. The van der Waals surface area contributed by atoms with Gasteiger partial charge in [-0.1, -0.05) is 50.2 Å². The van der Waals surface area contributed by atoms with E-state index in [9.17, 15) is 9.59 Å². The van der Waals surface area contributed by atoms with Crippen molar-refractivity contribution in [1.29, 1.82) is 0 Å². The van der Waals surface area contributed by atoms with E-state index in [1.54, 1.807) is 0 Å². The minimum Gasteiger partial charge on any atom is -0.361 e. The van der Waals surface area contributed by atoms with Gasteiger partial charge < -0.3 is 20.9 Å². The Morgan fingerprint density at radius 2 is 1.72 bits per heavy atom. The van der Waals surface area contributed by atoms with Crippen molar-refractivity contribution in [3.8, 4) is 0 Å². The number of amides is 3. The third kappa shape index (κ3) is 5.85. The predicted molar refractivity (Wildman–Crippen MR) is 117 cm³/mol. The van der Waals surface area contributed by atoms with Crippen LogP contribution in [0.2, 0.25) is 0 Å². The van der Waals surface area contributed by atoms with Gasteiger partial charge in [0.2, 0.25) is 5.91 Å². The second kappa shape index (κ2) is 9.78. The first-order valence-electron chi connectivity index (χ1n) is 9.98. The molecule has 0 unspecified atom stereocenters. The minimum atomic E-state index is -0.700. The van der Waals surface area contributed by atoms with Gasteiger partial charge in [-0.2, -0.15) is 0 Å². The van der Waals surface area contributed by atoms with Crippen molar-refractivity contribution >= 4 is 28.5 Å². The van der Waals surface area contributed by atoms with Crippen molar-refractivity contribution in [1.82, 2.24) is 15.6 Å². The molecule has 6 heteroatoms. The molecule has 0 spiro atoms. The smallest absolute Gasteiger partial charge is 0.315 e. The highest BCUT2D eigenvalue weighted by Crippen LogP contribution is 2.19. The molecule has 0 radical (unpaired) electrons. The molecule has 0 bridgehead atoms. The molecule has 3 amide bonds. The molecule has 1 atom stereocenters. The van der Waals surface area contributed by atoms with E-state index in [2.05, 4.69) is 34.8 Å². The maximum Gasteiger partial charge on any atom is 0.315 e. The van der Waals surface area contributed by atoms with Gasteiger partial charge in [0.05, 0.1) is 0 Å². The molecule has 0 saturated carbocycles. The Morgan fingerprint density at radius 1 is 1.00 bits per heavy atom. The zero-order chi connectivity index (χ0) is 20.6. The van der Waals surface area contributed by atoms with Gasteiger partial charge in [-0.15, -0.1) is 0 Å². The monoisotopic (exact) mass is 392 g/mol. The van der Waals surface area contributed by atoms with Gasteiger partial charge in [0.25, 0.3) is 0 Å². The van der Waals surface area contributed by atoms with Crippen molar-refractivity contribution in [3.05, 3.63) is 66.4 Å². The zero-order valence-corrected chi connectivity index (χ0v) is 16.9. The lowest BCUT2D eigenvalue weighted by Crippen LogP contribution is -2.49. The molecule has 0 aliphatic rings. The third-order valence-corrected chi connectivity index (χ3v) is 4.77. The number of hydrogen-bond donors (Lipinski definition) is 4. The van der Waals surface area contributed by atoms with E-state index in [4.69, 9.17) is 0 Å². The number of anilines is 1. The fraction of sp³-hybridized carbons (Fsp3) is 0.304. The molecule has 1 heterocycles. The number of aromatic amines is 1. The van der Waals surface area contributed by atoms with Crippen molar-refractivity contribution < 1.29 is 9.59 Å². The van der Waals surface area contributed by atoms with Gasteiger partial charge in [-0.3, -0.25) is 4.79 Å². The number of benzene rings is 2. The van der Waals surface area contributed by atoms with E-state index < -0.39 is 6.04 Å². The van der Waals surface area contributed by atoms with E-state index in [-0.39, 0.29) is 11.9 Å². The van der Waals surface area contributed by atoms with Gasteiger partial charge in [-0.25, -0.2) is 4.79 Å². The number of hydrogen-bond acceptors (Lipinski definition) is 2. The van der Waals surface area contributed by atoms with E-state index in [1.807, 2.05) is 60.8 Å². The molecular formula is C23H28N4O2. The summed E-state index contributed by atoms with van der Waals surface area (Å²) in [6.45, 7) is 4.78. The van der Waals surface area contributed by atoms with Crippen LogP contribution in [0.25, 0.3) is 10.9 Å². The summed E-state index contributed by atoms with van der Waals surface area (Å²) >= 11 is 0. The third-order valence-electron chi connectivity index (χ3n) is 4.77. The Morgan fingerprint density at radius 3 is 2.48 bits per heavy atom. The van der Waals surface area contributed by atoms with Gasteiger partial charge in [0.1, 0.15) is 6.04 Å². The normalized spacial score (nSPS) is 12.0. The van der Waals surface area contributed by atoms with Crippen LogP contribution >= 0.6 is 0 Å². The van der Waals surface area contributed by atoms with Crippen LogP contribution in [0.1, 0.15) is 25.8 Å². The molecule has 0 saturated heterocycles. The van der Waals surface area contributed by atoms with Gasteiger partial charge in [0.15, 0.2) is 0 Å². The summed E-state index contributed by atoms with van der Waals surface area (Å²) in [6.07, 6.45) is 3.17. The molecule has 29 heavy (non-hydrogen) atoms. The Kier molecular flexibility index (Phi) is 6.89. The van der Waals surface area contributed by atoms with Crippen molar-refractivity contribution in [3.63, 3.8) is 0 Å². The largest absolute Gasteiger partial charge is 0.361 e. The van der Waals surface area contributed by atoms with Crippen LogP contribution in [0.15, 0.2) is 60.8 Å². The van der Waals surface area contributed by atoms with Gasteiger partial charge in [-0.05, 0) is 36.1 Å². The number of rotatable bonds is 8. The number of carbonyl (C=O) groups excluding carboxylic acids is 2. The van der Waals surface area contributed by atoms with Crippen LogP contribution in [0, 0.1) is 5.92 Å². The fourth-order valence-electron chi connectivity index (χ4n) is 3.16. The average Bonchev–Trinajstić information content (AvgIpc) is 3.11. The molecule has 152 valence electrons. The van der Waals surface area contributed by atoms with Crippen LogP contribution in [-0.4, -0.2) is 29.5 Å². The SMILES string of the molecule is CC(C)CCNC(=O)N[C@@H](Cc1c[nH]c2ccccc12)C(=O)Nc1ccccc1. The van der Waals surface area contributed by atoms with Crippen molar-refractivity contribution in [2.45, 2.75) is 32.7 Å². The van der Waals surface area contributed by atoms with Crippen molar-refractivity contribution in [2.75, 3.05) is 11.9 Å². The second-order valence-electron chi connectivity index (χ2n) is 7.55. The summed E-state index contributed by atoms with van der Waals surface area (Å²) in [7, 11) is 0. The number of fused-ring (bicyclic) bond motifs is 1. The molecular weight excluding hydrogens is 364 g/mol. The summed E-state index contributed by atoms with van der Waals surface area (Å²) in [5.41, 5.74) is 2.69. The quantitative estimate of drug-likeness (QED) is 0.466. The summed E-state index contributed by atoms with van der Waals surface area (Å²) in [5, 5.41) is 9.62. The molecule has 6 nitrogen and oxygen atoms in total. The Labute approximate surface area is 171 Å². The first kappa shape index (κ1) is 20.5. The molecule has 2 aromatic carbocycles. The lowest BCUT2D eigenvalue weighted by atomic mass is 10.0. The zero-order valence-electron chi connectivity index (χ0n) is 16.9. The average molecular weight is 393 g/mol. The van der Waals surface area contributed by atoms with Crippen LogP contribution in [0.4, 0.5) is 10.5 Å². The highest BCUT2D eigenvalue weighted by atomic mass is 16.2. The molecule has 0 fully saturated rings. The summed E-state index contributed by atoms with van der Waals surface area (Å²) in [4.78, 5) is 28.5. The molecule has 3 rings (SSSR count). The van der Waals surface area contributed by atoms with Crippen molar-refractivity contribution in [2.24, 2.45) is 5.92 Å². The molecule has 0 aliphatic heterocycles. The van der Waals surface area contributed by atoms with E-state index in [0.717, 1.165) is 22.9 Å². The molecule has 1 aromatic heterocycles. The van der Waals surface area contributed by atoms with E-state index >= 15 is 0 Å². The number of carbonyl (C=O) groups is 2. The topological polar surface area (TPSA) is 86.0 Å². The summed E-state index contributed by atoms with van der Waals surface area (Å²) < 4.78 is 0. The molecule has 0 aliphatic carbocycles. The second-order valence-corrected chi connectivity index (χ2v) is 7.55. The van der Waals surface area contributed by atoms with Gasteiger partial charge >= 0.3 is 6.03 Å². The summed E-state index contributed by atoms with van der Waals surface area (Å²) in [6, 6.07) is 16.1. The number of urea groups is 1. The lowest BCUT2D eigenvalue weighted by Gasteiger charge is -2.19. The first-order valence-corrected chi connectivity index (χ1v) is 9.98. The predicted octanol–water partition coefficient (Wildman–Crippen LogP) is 4.06. The van der Waals surface area contributed by atoms with E-state index in [1.165, 1.54) is 0 Å². The Hall–Kier alpha value is -3.28. The van der Waals surface area contributed by atoms with Crippen LogP contribution < -0.4 is 16.0 Å². The Balaban J connectivity index is 1.73. The minimum absolute atomic E-state index is 0.250. The van der Waals surface area contributed by atoms with Gasteiger partial charge in [0, 0.05) is 35.8 Å². The van der Waals surface area contributed by atoms with Crippen LogP contribution in [-0.2, 0) is 11.2 Å². The highest BCUT2D eigenvalue weighted by Gasteiger charge is 2.22. The van der Waals surface area contributed by atoms with Crippen LogP contribution in [0.5, 0.6) is 0 Å². The first-order chi connectivity index (χ1) is 14.0. The fourth-order valence-corrected chi connectivity index (χ4v) is 3.16. The Bertz CT molecular complexity index is 950. The maximum absolute atomic E-state index is 12.9. The number of aromatic nitrogens is 1. The number of H-pyrrole nitrogens is 1. The standard InChI is InChI=1S/C23H28N4O2/c1-16(2)12-13-24-23(29)27-21(22(28)26-18-8-4-3-5-9-18)14-17-15-25-20-11-7-6-10-19(17)20/h3-11,15-16,21,25H,12-14H2,1-2H3,(H,26,28)(H2,24,27,29)/t21-/m0/s1. The number of nitrogens with one attached hydrogen (secondary N) is 4. The summed E-state index contributed by atoms with van der Waals surface area (Å²) in [5.74, 6) is 0.249. The van der Waals surface area contributed by atoms with Crippen LogP contribution in [0.3, 0.4) is 0 Å².